The predicted molar refractivity (Wildman–Crippen MR) is 69.3 cm³/mol. The van der Waals surface area contributed by atoms with E-state index in [4.69, 9.17) is 0 Å². The van der Waals surface area contributed by atoms with Crippen molar-refractivity contribution in [1.29, 1.82) is 0 Å². The summed E-state index contributed by atoms with van der Waals surface area (Å²) in [6.45, 7) is 2.18. The molecule has 2 aromatic carbocycles. The van der Waals surface area contributed by atoms with Crippen LogP contribution in [0.15, 0.2) is 60.7 Å². The molecular weight excluding hydrogens is 196 g/mol. The first kappa shape index (κ1) is 10.2. The molecule has 0 saturated heterocycles. The predicted octanol–water partition coefficient (Wildman–Crippen LogP) is 1.79. The van der Waals surface area contributed by atoms with E-state index in [9.17, 15) is 0 Å². The molecule has 0 nitrogen and oxygen atoms in total. The van der Waals surface area contributed by atoms with E-state index in [2.05, 4.69) is 73.6 Å². The van der Waals surface area contributed by atoms with Crippen molar-refractivity contribution in [2.45, 2.75) is 6.92 Å². The molecule has 1 radical (unpaired) electrons. The average molecular weight is 211 g/mol. The SMILES string of the molecule is C[CH][SiH](c1ccccc1)c1ccccc1. The molecule has 0 atom stereocenters. The van der Waals surface area contributed by atoms with Gasteiger partial charge in [0.25, 0.3) is 0 Å². The number of benzene rings is 2. The summed E-state index contributed by atoms with van der Waals surface area (Å²) < 4.78 is 0. The van der Waals surface area contributed by atoms with Crippen LogP contribution < -0.4 is 10.4 Å². The molecule has 0 fully saturated rings. The second kappa shape index (κ2) is 4.94. The van der Waals surface area contributed by atoms with Gasteiger partial charge in [0, 0.05) is 0 Å². The Morgan fingerprint density at radius 1 is 0.733 bits per heavy atom. The van der Waals surface area contributed by atoms with Gasteiger partial charge >= 0.3 is 0 Å². The lowest BCUT2D eigenvalue weighted by Crippen LogP contribution is -2.42. The van der Waals surface area contributed by atoms with Gasteiger partial charge in [-0.25, -0.2) is 0 Å². The van der Waals surface area contributed by atoms with Crippen LogP contribution in [0.1, 0.15) is 6.92 Å². The third kappa shape index (κ3) is 2.36. The summed E-state index contributed by atoms with van der Waals surface area (Å²) in [7, 11) is -1.05. The maximum absolute atomic E-state index is 2.38. The molecule has 1 heteroatoms. The lowest BCUT2D eigenvalue weighted by molar-refractivity contribution is 1.64. The fourth-order valence-corrected chi connectivity index (χ4v) is 4.33. The van der Waals surface area contributed by atoms with Crippen LogP contribution in [-0.4, -0.2) is 8.80 Å². The molecule has 0 aliphatic carbocycles. The zero-order chi connectivity index (χ0) is 10.5. The Kier molecular flexibility index (Phi) is 3.35. The molecule has 2 rings (SSSR count). The largest absolute Gasteiger partial charge is 0.105 e. The Hall–Kier alpha value is -1.34. The second-order valence-electron chi connectivity index (χ2n) is 3.63. The zero-order valence-corrected chi connectivity index (χ0v) is 10.1. The molecule has 0 aromatic heterocycles. The minimum atomic E-state index is -1.05. The molecule has 0 bridgehead atoms. The highest BCUT2D eigenvalue weighted by atomic mass is 28.3. The first-order chi connectivity index (χ1) is 7.42. The van der Waals surface area contributed by atoms with Gasteiger partial charge in [-0.05, 0) is 6.04 Å². The minimum Gasteiger partial charge on any atom is -0.0645 e. The monoisotopic (exact) mass is 211 g/mol. The van der Waals surface area contributed by atoms with E-state index in [-0.39, 0.29) is 0 Å². The number of hydrogen-bond acceptors (Lipinski definition) is 0. The van der Waals surface area contributed by atoms with Crippen LogP contribution in [0.3, 0.4) is 0 Å². The van der Waals surface area contributed by atoms with Gasteiger partial charge in [0.15, 0.2) is 0 Å². The lowest BCUT2D eigenvalue weighted by Gasteiger charge is -2.13. The molecule has 0 aliphatic rings. The van der Waals surface area contributed by atoms with Gasteiger partial charge < -0.3 is 0 Å². The van der Waals surface area contributed by atoms with E-state index in [1.54, 1.807) is 0 Å². The van der Waals surface area contributed by atoms with Gasteiger partial charge in [0.1, 0.15) is 8.80 Å². The molecule has 0 spiro atoms. The molecule has 0 unspecified atom stereocenters. The Morgan fingerprint density at radius 3 is 1.47 bits per heavy atom. The summed E-state index contributed by atoms with van der Waals surface area (Å²) in [5, 5.41) is 2.98. The Morgan fingerprint density at radius 2 is 1.13 bits per heavy atom. The maximum atomic E-state index is 2.38. The van der Waals surface area contributed by atoms with Gasteiger partial charge in [-0.3, -0.25) is 0 Å². The van der Waals surface area contributed by atoms with Crippen molar-refractivity contribution in [3.8, 4) is 0 Å². The molecule has 0 amide bonds. The third-order valence-electron chi connectivity index (χ3n) is 2.65. The average Bonchev–Trinajstić information content (AvgIpc) is 2.33. The van der Waals surface area contributed by atoms with Crippen molar-refractivity contribution in [1.82, 2.24) is 0 Å². The number of hydrogen-bond donors (Lipinski definition) is 0. The Bertz CT molecular complexity index is 355. The van der Waals surface area contributed by atoms with Crippen molar-refractivity contribution in [2.24, 2.45) is 0 Å². The first-order valence-corrected chi connectivity index (χ1v) is 7.13. The molecule has 15 heavy (non-hydrogen) atoms. The molecule has 75 valence electrons. The quantitative estimate of drug-likeness (QED) is 0.679. The van der Waals surface area contributed by atoms with Crippen LogP contribution in [0.2, 0.25) is 0 Å². The van der Waals surface area contributed by atoms with Gasteiger partial charge in [0.05, 0.1) is 0 Å². The van der Waals surface area contributed by atoms with Crippen molar-refractivity contribution in [3.05, 3.63) is 66.7 Å². The Labute approximate surface area is 93.2 Å². The van der Waals surface area contributed by atoms with E-state index < -0.39 is 8.80 Å². The van der Waals surface area contributed by atoms with Crippen molar-refractivity contribution >= 4 is 19.2 Å². The van der Waals surface area contributed by atoms with Crippen LogP contribution in [0.5, 0.6) is 0 Å². The highest BCUT2D eigenvalue weighted by molar-refractivity contribution is 6.87. The van der Waals surface area contributed by atoms with Gasteiger partial charge in [-0.2, -0.15) is 0 Å². The normalized spacial score (nSPS) is 10.5. The number of rotatable bonds is 3. The molecule has 2 aromatic rings. The minimum absolute atomic E-state index is 1.05. The van der Waals surface area contributed by atoms with Crippen molar-refractivity contribution in [2.75, 3.05) is 0 Å². The van der Waals surface area contributed by atoms with Crippen molar-refractivity contribution < 1.29 is 0 Å². The zero-order valence-electron chi connectivity index (χ0n) is 8.93. The maximum Gasteiger partial charge on any atom is 0.105 e. The summed E-state index contributed by atoms with van der Waals surface area (Å²) in [5.41, 5.74) is 0. The molecule has 0 heterocycles. The summed E-state index contributed by atoms with van der Waals surface area (Å²) in [6.07, 6.45) is 0. The fourth-order valence-electron chi connectivity index (χ4n) is 1.90. The van der Waals surface area contributed by atoms with Crippen LogP contribution in [-0.2, 0) is 0 Å². The molecule has 0 saturated carbocycles. The summed E-state index contributed by atoms with van der Waals surface area (Å²) in [4.78, 5) is 0. The molecular formula is C14H15Si. The van der Waals surface area contributed by atoms with Gasteiger partial charge in [-0.15, -0.1) is 0 Å². The van der Waals surface area contributed by atoms with Gasteiger partial charge in [-0.1, -0.05) is 78.0 Å². The Balaban J connectivity index is 2.34. The topological polar surface area (TPSA) is 0 Å². The van der Waals surface area contributed by atoms with Crippen LogP contribution >= 0.6 is 0 Å². The standard InChI is InChI=1S/C14H15Si/c1-2-15(13-9-5-3-6-10-13)14-11-7-4-8-12-14/h2-12,15H,1H3. The van der Waals surface area contributed by atoms with Crippen LogP contribution in [0.4, 0.5) is 0 Å². The fraction of sp³-hybridized carbons (Fsp3) is 0.0714. The highest BCUT2D eigenvalue weighted by Gasteiger charge is 2.12. The van der Waals surface area contributed by atoms with E-state index in [1.165, 1.54) is 10.4 Å². The second-order valence-corrected chi connectivity index (χ2v) is 6.59. The molecule has 0 N–H and O–H groups in total. The summed E-state index contributed by atoms with van der Waals surface area (Å²) in [5.74, 6) is 0. The van der Waals surface area contributed by atoms with E-state index in [1.807, 2.05) is 0 Å². The van der Waals surface area contributed by atoms with E-state index in [0.29, 0.717) is 0 Å². The first-order valence-electron chi connectivity index (χ1n) is 5.31. The smallest absolute Gasteiger partial charge is 0.0645 e. The highest BCUT2D eigenvalue weighted by Crippen LogP contribution is 1.95. The van der Waals surface area contributed by atoms with Crippen LogP contribution in [0.25, 0.3) is 0 Å². The lowest BCUT2D eigenvalue weighted by atomic mass is 10.4. The summed E-state index contributed by atoms with van der Waals surface area (Å²) >= 11 is 0. The van der Waals surface area contributed by atoms with E-state index in [0.717, 1.165) is 0 Å². The molecule has 0 aliphatic heterocycles. The third-order valence-corrected chi connectivity index (χ3v) is 5.52. The summed E-state index contributed by atoms with van der Waals surface area (Å²) in [6, 6.07) is 24.0. The van der Waals surface area contributed by atoms with Crippen LogP contribution in [0, 0.1) is 6.04 Å². The van der Waals surface area contributed by atoms with Crippen molar-refractivity contribution in [3.63, 3.8) is 0 Å². The van der Waals surface area contributed by atoms with Gasteiger partial charge in [0.2, 0.25) is 0 Å². The van der Waals surface area contributed by atoms with E-state index >= 15 is 0 Å².